The third-order valence-corrected chi connectivity index (χ3v) is 5.60. The first-order valence-corrected chi connectivity index (χ1v) is 8.36. The Hall–Kier alpha value is -0.120. The lowest BCUT2D eigenvalue weighted by molar-refractivity contribution is -0.0184. The van der Waals surface area contributed by atoms with Crippen LogP contribution in [0.1, 0.15) is 53.4 Å². The van der Waals surface area contributed by atoms with Crippen molar-refractivity contribution in [3.63, 3.8) is 0 Å². The molecule has 1 heterocycles. The number of hydrogen-bond acceptors (Lipinski definition) is 3. The molecule has 118 valence electrons. The van der Waals surface area contributed by atoms with Crippen LogP contribution >= 0.6 is 0 Å². The summed E-state index contributed by atoms with van der Waals surface area (Å²) in [5.41, 5.74) is 0.351. The Bertz CT molecular complexity index is 313. The van der Waals surface area contributed by atoms with E-state index in [1.165, 1.54) is 0 Å². The molecule has 3 nitrogen and oxygen atoms in total. The zero-order chi connectivity index (χ0) is 14.9. The molecule has 0 amide bonds. The van der Waals surface area contributed by atoms with Crippen molar-refractivity contribution >= 4 is 0 Å². The molecule has 1 saturated carbocycles. The van der Waals surface area contributed by atoms with Gasteiger partial charge in [-0.1, -0.05) is 27.7 Å². The molecule has 2 N–H and O–H groups in total. The zero-order valence-corrected chi connectivity index (χ0v) is 13.7. The molecule has 0 aromatic heterocycles. The van der Waals surface area contributed by atoms with Crippen LogP contribution in [0.15, 0.2) is 0 Å². The zero-order valence-electron chi connectivity index (χ0n) is 13.7. The topological polar surface area (TPSA) is 43.7 Å². The predicted molar refractivity (Wildman–Crippen MR) is 82.5 cm³/mol. The van der Waals surface area contributed by atoms with E-state index in [1.54, 1.807) is 0 Å². The molecule has 1 saturated heterocycles. The lowest BCUT2D eigenvalue weighted by Crippen LogP contribution is -2.47. The highest BCUT2D eigenvalue weighted by molar-refractivity contribution is 4.88. The molecule has 0 spiro atoms. The molecule has 0 bridgehead atoms. The van der Waals surface area contributed by atoms with Crippen LogP contribution < -0.4 is 0 Å². The van der Waals surface area contributed by atoms with Crippen LogP contribution in [0, 0.1) is 23.2 Å². The fourth-order valence-corrected chi connectivity index (χ4v) is 3.95. The van der Waals surface area contributed by atoms with E-state index in [2.05, 4.69) is 32.6 Å². The van der Waals surface area contributed by atoms with Gasteiger partial charge in [-0.25, -0.2) is 0 Å². The highest BCUT2D eigenvalue weighted by Crippen LogP contribution is 2.40. The summed E-state index contributed by atoms with van der Waals surface area (Å²) in [5.74, 6) is 1.50. The minimum absolute atomic E-state index is 0.129. The quantitative estimate of drug-likeness (QED) is 0.818. The molecule has 5 atom stereocenters. The highest BCUT2D eigenvalue weighted by Gasteiger charge is 2.36. The molecular weight excluding hydrogens is 250 g/mol. The number of aliphatic hydroxyl groups is 2. The SMILES string of the molecule is CC1CN(CC2CC(C(C)(C)C)CCC2O)CCC1O. The standard InChI is InChI=1S/C17H33NO2/c1-12-10-18(8-7-15(12)19)11-13-9-14(17(2,3)4)5-6-16(13)20/h12-16,19-20H,5-11H2,1-4H3. The molecule has 1 aliphatic carbocycles. The first-order chi connectivity index (χ1) is 9.27. The molecule has 5 unspecified atom stereocenters. The van der Waals surface area contributed by atoms with E-state index in [0.717, 1.165) is 51.2 Å². The van der Waals surface area contributed by atoms with Crippen molar-refractivity contribution in [2.24, 2.45) is 23.2 Å². The monoisotopic (exact) mass is 283 g/mol. The van der Waals surface area contributed by atoms with Gasteiger partial charge in [-0.2, -0.15) is 0 Å². The summed E-state index contributed by atoms with van der Waals surface area (Å²) in [5, 5.41) is 20.2. The van der Waals surface area contributed by atoms with Crippen LogP contribution in [0.4, 0.5) is 0 Å². The van der Waals surface area contributed by atoms with E-state index in [4.69, 9.17) is 0 Å². The fourth-order valence-electron chi connectivity index (χ4n) is 3.95. The third kappa shape index (κ3) is 3.96. The minimum Gasteiger partial charge on any atom is -0.393 e. The van der Waals surface area contributed by atoms with Crippen molar-refractivity contribution in [1.29, 1.82) is 0 Å². The van der Waals surface area contributed by atoms with E-state index < -0.39 is 0 Å². The first-order valence-electron chi connectivity index (χ1n) is 8.36. The summed E-state index contributed by atoms with van der Waals surface area (Å²) < 4.78 is 0. The Balaban J connectivity index is 1.90. The molecule has 20 heavy (non-hydrogen) atoms. The van der Waals surface area contributed by atoms with Gasteiger partial charge in [-0.3, -0.25) is 0 Å². The van der Waals surface area contributed by atoms with Gasteiger partial charge in [-0.15, -0.1) is 0 Å². The van der Waals surface area contributed by atoms with Gasteiger partial charge in [0.05, 0.1) is 12.2 Å². The van der Waals surface area contributed by atoms with Gasteiger partial charge in [0, 0.05) is 19.6 Å². The number of hydrogen-bond donors (Lipinski definition) is 2. The van der Waals surface area contributed by atoms with Crippen molar-refractivity contribution in [1.82, 2.24) is 4.90 Å². The molecule has 2 rings (SSSR count). The second-order valence-electron chi connectivity index (χ2n) is 8.30. The van der Waals surface area contributed by atoms with Crippen molar-refractivity contribution < 1.29 is 10.2 Å². The average molecular weight is 283 g/mol. The van der Waals surface area contributed by atoms with Crippen molar-refractivity contribution in [2.45, 2.75) is 65.6 Å². The van der Waals surface area contributed by atoms with Crippen LogP contribution in [-0.4, -0.2) is 47.0 Å². The summed E-state index contributed by atoms with van der Waals surface area (Å²) in [6, 6.07) is 0. The fraction of sp³-hybridized carbons (Fsp3) is 1.00. The Morgan fingerprint density at radius 3 is 2.35 bits per heavy atom. The highest BCUT2D eigenvalue weighted by atomic mass is 16.3. The lowest BCUT2D eigenvalue weighted by atomic mass is 9.68. The number of aliphatic hydroxyl groups excluding tert-OH is 2. The van der Waals surface area contributed by atoms with Crippen LogP contribution in [0.3, 0.4) is 0 Å². The molecule has 2 aliphatic rings. The molecular formula is C17H33NO2. The van der Waals surface area contributed by atoms with Gasteiger partial charge in [0.2, 0.25) is 0 Å². The predicted octanol–water partition coefficient (Wildman–Crippen LogP) is 2.51. The molecule has 2 fully saturated rings. The molecule has 0 radical (unpaired) electrons. The Kier molecular flexibility index (Phi) is 5.14. The van der Waals surface area contributed by atoms with Gasteiger partial charge in [0.1, 0.15) is 0 Å². The van der Waals surface area contributed by atoms with Crippen LogP contribution in [-0.2, 0) is 0 Å². The summed E-state index contributed by atoms with van der Waals surface area (Å²) in [4.78, 5) is 2.45. The Labute approximate surface area is 124 Å². The molecule has 1 aliphatic heterocycles. The second kappa shape index (κ2) is 6.33. The summed E-state index contributed by atoms with van der Waals surface area (Å²) in [6.45, 7) is 12.1. The average Bonchev–Trinajstić information content (AvgIpc) is 2.35. The molecule has 0 aromatic rings. The van der Waals surface area contributed by atoms with Crippen molar-refractivity contribution in [3.8, 4) is 0 Å². The summed E-state index contributed by atoms with van der Waals surface area (Å²) in [7, 11) is 0. The molecule has 0 aromatic carbocycles. The van der Waals surface area contributed by atoms with Gasteiger partial charge in [-0.05, 0) is 48.9 Å². The summed E-state index contributed by atoms with van der Waals surface area (Å²) in [6.07, 6.45) is 3.89. The number of nitrogens with zero attached hydrogens (tertiary/aromatic N) is 1. The van der Waals surface area contributed by atoms with Crippen LogP contribution in [0.25, 0.3) is 0 Å². The van der Waals surface area contributed by atoms with Gasteiger partial charge < -0.3 is 15.1 Å². The Morgan fingerprint density at radius 1 is 1.05 bits per heavy atom. The smallest absolute Gasteiger partial charge is 0.0590 e. The van der Waals surface area contributed by atoms with Crippen LogP contribution in [0.2, 0.25) is 0 Å². The van der Waals surface area contributed by atoms with Gasteiger partial charge in [0.15, 0.2) is 0 Å². The van der Waals surface area contributed by atoms with Gasteiger partial charge in [0.25, 0.3) is 0 Å². The summed E-state index contributed by atoms with van der Waals surface area (Å²) >= 11 is 0. The minimum atomic E-state index is -0.134. The van der Waals surface area contributed by atoms with Crippen molar-refractivity contribution in [2.75, 3.05) is 19.6 Å². The van der Waals surface area contributed by atoms with E-state index in [0.29, 0.717) is 17.3 Å². The van der Waals surface area contributed by atoms with E-state index in [9.17, 15) is 10.2 Å². The van der Waals surface area contributed by atoms with E-state index in [-0.39, 0.29) is 12.2 Å². The number of piperidine rings is 1. The molecule has 3 heteroatoms. The van der Waals surface area contributed by atoms with Gasteiger partial charge >= 0.3 is 0 Å². The maximum absolute atomic E-state index is 10.3. The van der Waals surface area contributed by atoms with Crippen molar-refractivity contribution in [3.05, 3.63) is 0 Å². The van der Waals surface area contributed by atoms with E-state index >= 15 is 0 Å². The lowest BCUT2D eigenvalue weighted by Gasteiger charge is -2.43. The normalized spacial score (nSPS) is 40.8. The largest absolute Gasteiger partial charge is 0.393 e. The number of rotatable bonds is 2. The first kappa shape index (κ1) is 16.3. The second-order valence-corrected chi connectivity index (χ2v) is 8.30. The Morgan fingerprint density at radius 2 is 1.75 bits per heavy atom. The third-order valence-electron chi connectivity index (χ3n) is 5.60. The number of likely N-dealkylation sites (tertiary alicyclic amines) is 1. The maximum Gasteiger partial charge on any atom is 0.0590 e. The van der Waals surface area contributed by atoms with E-state index in [1.807, 2.05) is 0 Å². The van der Waals surface area contributed by atoms with Crippen LogP contribution in [0.5, 0.6) is 0 Å². The maximum atomic E-state index is 10.3.